The molecule has 0 unspecified atom stereocenters. The minimum atomic E-state index is -6.05. The first-order valence-electron chi connectivity index (χ1n) is 13.8. The number of carbonyl (C=O) groups excluding carboxylic acids is 2. The first-order chi connectivity index (χ1) is 20.7. The Bertz CT molecular complexity index is 1440. The Morgan fingerprint density at radius 3 is 2.18 bits per heavy atom. The number of fused-ring (bicyclic) bond motifs is 1. The van der Waals surface area contributed by atoms with Crippen molar-refractivity contribution in [1.29, 1.82) is 0 Å². The van der Waals surface area contributed by atoms with Crippen LogP contribution < -0.4 is 9.64 Å². The van der Waals surface area contributed by atoms with Gasteiger partial charge in [0.2, 0.25) is 5.91 Å². The second-order valence-electron chi connectivity index (χ2n) is 10.6. The van der Waals surface area contributed by atoms with E-state index in [-0.39, 0.29) is 43.0 Å². The molecule has 236 valence electrons. The van der Waals surface area contributed by atoms with Crippen LogP contribution in [0.25, 0.3) is 0 Å². The number of alkyl halides is 6. The lowest BCUT2D eigenvalue weighted by molar-refractivity contribution is -0.376. The second-order valence-corrected chi connectivity index (χ2v) is 10.6. The summed E-state index contributed by atoms with van der Waals surface area (Å²) in [5.41, 5.74) is -4.80. The zero-order valence-electron chi connectivity index (χ0n) is 23.9. The normalized spacial score (nSPS) is 16.5. The molecule has 3 aromatic carbocycles. The summed E-state index contributed by atoms with van der Waals surface area (Å²) >= 11 is 0. The summed E-state index contributed by atoms with van der Waals surface area (Å²) in [6, 6.07) is 17.9. The van der Waals surface area contributed by atoms with Gasteiger partial charge in [-0.05, 0) is 61.1 Å². The lowest BCUT2D eigenvalue weighted by atomic mass is 9.89. The number of amides is 1. The maximum atomic E-state index is 13.8. The summed E-state index contributed by atoms with van der Waals surface area (Å²) in [6.07, 6.45) is -12.0. The summed E-state index contributed by atoms with van der Waals surface area (Å²) in [6.45, 7) is 1.63. The lowest BCUT2D eigenvalue weighted by Crippen LogP contribution is -2.54. The van der Waals surface area contributed by atoms with Crippen LogP contribution in [0.4, 0.5) is 32.0 Å². The largest absolute Gasteiger partial charge is 0.489 e. The van der Waals surface area contributed by atoms with Crippen molar-refractivity contribution in [2.24, 2.45) is 0 Å². The van der Waals surface area contributed by atoms with Gasteiger partial charge in [-0.3, -0.25) is 9.59 Å². The van der Waals surface area contributed by atoms with Gasteiger partial charge in [0.15, 0.2) is 0 Å². The molecular formula is C32H31F6NO5. The highest BCUT2D eigenvalue weighted by Gasteiger charge is 2.71. The van der Waals surface area contributed by atoms with Crippen LogP contribution in [0.1, 0.15) is 47.9 Å². The number of carbonyl (C=O) groups is 2. The highest BCUT2D eigenvalue weighted by molar-refractivity contribution is 5.98. The van der Waals surface area contributed by atoms with Crippen molar-refractivity contribution < 1.29 is 50.5 Å². The molecule has 0 aromatic heterocycles. The summed E-state index contributed by atoms with van der Waals surface area (Å²) < 4.78 is 92.7. The smallest absolute Gasteiger partial charge is 0.430 e. The van der Waals surface area contributed by atoms with E-state index in [0.717, 1.165) is 11.6 Å². The number of aryl methyl sites for hydroxylation is 2. The molecule has 1 aliphatic rings. The number of hydrogen-bond acceptors (Lipinski definition) is 5. The molecule has 0 saturated carbocycles. The predicted octanol–water partition coefficient (Wildman–Crippen LogP) is 6.63. The van der Waals surface area contributed by atoms with Crippen molar-refractivity contribution in [2.75, 3.05) is 18.6 Å². The van der Waals surface area contributed by atoms with Crippen molar-refractivity contribution in [3.05, 3.63) is 95.1 Å². The number of esters is 1. The van der Waals surface area contributed by atoms with Crippen LogP contribution >= 0.6 is 0 Å². The number of nitrogens with zero attached hydrogens (tertiary/aromatic N) is 1. The van der Waals surface area contributed by atoms with Crippen LogP contribution in [0.5, 0.6) is 5.75 Å². The molecule has 1 heterocycles. The number of rotatable bonds is 8. The Hall–Kier alpha value is -4.06. The summed E-state index contributed by atoms with van der Waals surface area (Å²) in [5.74, 6) is -1.06. The molecule has 6 nitrogen and oxygen atoms in total. The van der Waals surface area contributed by atoms with Crippen molar-refractivity contribution >= 4 is 17.6 Å². The highest BCUT2D eigenvalue weighted by Crippen LogP contribution is 2.51. The summed E-state index contributed by atoms with van der Waals surface area (Å²) in [7, 11) is 1.30. The van der Waals surface area contributed by atoms with Gasteiger partial charge in [0.25, 0.3) is 5.60 Å². The van der Waals surface area contributed by atoms with E-state index in [9.17, 15) is 41.0 Å². The molecule has 2 atom stereocenters. The zero-order valence-corrected chi connectivity index (χ0v) is 23.9. The Morgan fingerprint density at radius 2 is 1.59 bits per heavy atom. The molecule has 1 aliphatic heterocycles. The fourth-order valence-electron chi connectivity index (χ4n) is 5.17. The SMILES string of the molecule is COC(=O)CCc1ccc(O[C@H]2CCc3cc(C(O)(C(F)(F)F)C(F)(F)F)ccc3N(C(=O)[C@@H](C)c3ccccc3)C2)cc1. The average Bonchev–Trinajstić information content (AvgIpc) is 3.17. The molecule has 3 aromatic rings. The van der Waals surface area contributed by atoms with Crippen LogP contribution in [0.15, 0.2) is 72.8 Å². The summed E-state index contributed by atoms with van der Waals surface area (Å²) in [5, 5.41) is 10.0. The first kappa shape index (κ1) is 32.8. The molecule has 0 radical (unpaired) electrons. The third-order valence-electron chi connectivity index (χ3n) is 7.74. The van der Waals surface area contributed by atoms with Gasteiger partial charge in [0, 0.05) is 17.7 Å². The van der Waals surface area contributed by atoms with E-state index in [1.807, 2.05) is 0 Å². The maximum absolute atomic E-state index is 13.8. The molecule has 0 spiro atoms. The van der Waals surface area contributed by atoms with Crippen molar-refractivity contribution in [3.63, 3.8) is 0 Å². The van der Waals surface area contributed by atoms with E-state index in [4.69, 9.17) is 4.74 Å². The second kappa shape index (κ2) is 12.9. The third-order valence-corrected chi connectivity index (χ3v) is 7.74. The molecular weight excluding hydrogens is 592 g/mol. The van der Waals surface area contributed by atoms with E-state index in [1.54, 1.807) is 61.5 Å². The van der Waals surface area contributed by atoms with Crippen molar-refractivity contribution in [3.8, 4) is 5.75 Å². The minimum Gasteiger partial charge on any atom is -0.489 e. The number of aliphatic hydroxyl groups is 1. The maximum Gasteiger partial charge on any atom is 0.430 e. The standard InChI is InChI=1S/C32H31F6NO5/c1-20(22-6-4-3-5-7-22)29(41)39-19-26(44-25-13-8-21(9-14-25)10-17-28(40)43-2)15-11-23-18-24(12-16-27(23)39)30(42,31(33,34)35)32(36,37)38/h3-9,12-14,16,18,20,26,42H,10-11,15,17,19H2,1-2H3/t20-,26-/m0/s1. The van der Waals surface area contributed by atoms with Gasteiger partial charge in [-0.2, -0.15) is 26.3 Å². The summed E-state index contributed by atoms with van der Waals surface area (Å²) in [4.78, 5) is 26.6. The van der Waals surface area contributed by atoms with Gasteiger partial charge >= 0.3 is 18.3 Å². The number of anilines is 1. The van der Waals surface area contributed by atoms with Gasteiger partial charge in [-0.25, -0.2) is 0 Å². The first-order valence-corrected chi connectivity index (χ1v) is 13.8. The van der Waals surface area contributed by atoms with Crippen LogP contribution in [0, 0.1) is 0 Å². The predicted molar refractivity (Wildman–Crippen MR) is 149 cm³/mol. The molecule has 0 fully saturated rings. The van der Waals surface area contributed by atoms with Crippen molar-refractivity contribution in [2.45, 2.75) is 62.6 Å². The number of benzene rings is 3. The van der Waals surface area contributed by atoms with Gasteiger partial charge in [-0.1, -0.05) is 54.6 Å². The Morgan fingerprint density at radius 1 is 0.955 bits per heavy atom. The van der Waals surface area contributed by atoms with Crippen LogP contribution in [-0.4, -0.2) is 49.1 Å². The Balaban J connectivity index is 1.68. The van der Waals surface area contributed by atoms with Crippen LogP contribution in [-0.2, 0) is 32.8 Å². The quantitative estimate of drug-likeness (QED) is 0.225. The average molecular weight is 624 g/mol. The third kappa shape index (κ3) is 6.85. The van der Waals surface area contributed by atoms with E-state index >= 15 is 0 Å². The van der Waals surface area contributed by atoms with E-state index < -0.39 is 41.4 Å². The molecule has 12 heteroatoms. The van der Waals surface area contributed by atoms with Gasteiger partial charge in [0.05, 0.1) is 19.6 Å². The molecule has 0 aliphatic carbocycles. The van der Waals surface area contributed by atoms with E-state index in [0.29, 0.717) is 29.9 Å². The van der Waals surface area contributed by atoms with Crippen LogP contribution in [0.2, 0.25) is 0 Å². The number of halogens is 6. The Kier molecular flexibility index (Phi) is 9.62. The fourth-order valence-corrected chi connectivity index (χ4v) is 5.17. The zero-order chi connectivity index (χ0) is 32.3. The fraction of sp³-hybridized carbons (Fsp3) is 0.375. The monoisotopic (exact) mass is 623 g/mol. The molecule has 1 amide bonds. The van der Waals surface area contributed by atoms with E-state index in [2.05, 4.69) is 4.74 Å². The molecule has 44 heavy (non-hydrogen) atoms. The van der Waals surface area contributed by atoms with Crippen molar-refractivity contribution in [1.82, 2.24) is 0 Å². The minimum absolute atomic E-state index is 0.0274. The van der Waals surface area contributed by atoms with Gasteiger partial charge in [0.1, 0.15) is 11.9 Å². The van der Waals surface area contributed by atoms with Crippen LogP contribution in [0.3, 0.4) is 0 Å². The van der Waals surface area contributed by atoms with Gasteiger partial charge in [-0.15, -0.1) is 0 Å². The van der Waals surface area contributed by atoms with E-state index in [1.165, 1.54) is 12.0 Å². The lowest BCUT2D eigenvalue weighted by Gasteiger charge is -2.34. The molecule has 0 saturated heterocycles. The number of methoxy groups -OCH3 is 1. The molecule has 0 bridgehead atoms. The molecule has 1 N–H and O–H groups in total. The molecule has 4 rings (SSSR count). The topological polar surface area (TPSA) is 76.1 Å². The number of hydrogen-bond donors (Lipinski definition) is 1. The van der Waals surface area contributed by atoms with Gasteiger partial charge < -0.3 is 19.5 Å². The Labute approximate surface area is 250 Å². The highest BCUT2D eigenvalue weighted by atomic mass is 19.4. The number of ether oxygens (including phenoxy) is 2.